The molecule has 0 spiro atoms. The van der Waals surface area contributed by atoms with E-state index in [1.54, 1.807) is 0 Å². The lowest BCUT2D eigenvalue weighted by Gasteiger charge is -2.20. The summed E-state index contributed by atoms with van der Waals surface area (Å²) in [7, 11) is 1.20. The van der Waals surface area contributed by atoms with Gasteiger partial charge >= 0.3 is 6.09 Å². The zero-order chi connectivity index (χ0) is 19.6. The van der Waals surface area contributed by atoms with Crippen LogP contribution in [0.1, 0.15) is 96.8 Å². The Bertz CT molecular complexity index is 327. The molecule has 0 aromatic carbocycles. The number of aliphatic hydroxyl groups excluding tert-OH is 3. The second-order valence-electron chi connectivity index (χ2n) is 7.20. The Morgan fingerprint density at radius 3 is 1.73 bits per heavy atom. The molecule has 0 aromatic heterocycles. The first-order valence-corrected chi connectivity index (χ1v) is 10.4. The lowest BCUT2D eigenvalue weighted by molar-refractivity contribution is -0.0221. The number of methoxy groups -OCH3 is 1. The second-order valence-corrected chi connectivity index (χ2v) is 7.20. The number of hydrogen-bond acceptors (Lipinski definition) is 5. The molecule has 0 saturated carbocycles. The molecular formula is C20H41NO5. The van der Waals surface area contributed by atoms with Gasteiger partial charge in [0, 0.05) is 6.42 Å². The van der Waals surface area contributed by atoms with E-state index in [4.69, 9.17) is 0 Å². The lowest BCUT2D eigenvalue weighted by atomic mass is 10.0. The molecule has 26 heavy (non-hydrogen) atoms. The van der Waals surface area contributed by atoms with Crippen LogP contribution in [0.2, 0.25) is 0 Å². The standard InChI is InChI=1S/C20H41NO5/c1-3-4-5-6-7-8-9-10-11-12-13-14-15-17(22)18(23)16-19(24)21-20(25)26-2/h17-19,22-24H,3-16H2,1-2H3,(H,21,25). The number of carbonyl (C=O) groups excluding carboxylic acids is 1. The minimum atomic E-state index is -1.23. The maximum atomic E-state index is 10.9. The number of ether oxygens (including phenoxy) is 1. The minimum Gasteiger partial charge on any atom is -0.453 e. The van der Waals surface area contributed by atoms with E-state index in [0.717, 1.165) is 19.3 Å². The predicted molar refractivity (Wildman–Crippen MR) is 104 cm³/mol. The Morgan fingerprint density at radius 2 is 1.27 bits per heavy atom. The van der Waals surface area contributed by atoms with Gasteiger partial charge in [0.15, 0.2) is 0 Å². The third-order valence-corrected chi connectivity index (χ3v) is 4.73. The molecular weight excluding hydrogens is 334 g/mol. The fraction of sp³-hybridized carbons (Fsp3) is 0.950. The van der Waals surface area contributed by atoms with Crippen molar-refractivity contribution in [1.29, 1.82) is 0 Å². The van der Waals surface area contributed by atoms with E-state index in [1.807, 2.05) is 0 Å². The number of alkyl carbamates (subject to hydrolysis) is 1. The van der Waals surface area contributed by atoms with Gasteiger partial charge in [0.1, 0.15) is 6.23 Å². The fourth-order valence-electron chi connectivity index (χ4n) is 3.03. The van der Waals surface area contributed by atoms with Gasteiger partial charge in [-0.25, -0.2) is 4.79 Å². The molecule has 0 saturated heterocycles. The highest BCUT2D eigenvalue weighted by Gasteiger charge is 2.20. The van der Waals surface area contributed by atoms with Crippen molar-refractivity contribution in [3.8, 4) is 0 Å². The van der Waals surface area contributed by atoms with E-state index < -0.39 is 24.5 Å². The van der Waals surface area contributed by atoms with Crippen molar-refractivity contribution in [1.82, 2.24) is 5.32 Å². The molecule has 156 valence electrons. The lowest BCUT2D eigenvalue weighted by Crippen LogP contribution is -2.40. The molecule has 0 aliphatic heterocycles. The Labute approximate surface area is 159 Å². The van der Waals surface area contributed by atoms with Gasteiger partial charge in [-0.2, -0.15) is 0 Å². The highest BCUT2D eigenvalue weighted by Crippen LogP contribution is 2.14. The SMILES string of the molecule is CCCCCCCCCCCCCCC(O)C(O)CC(O)NC(=O)OC. The summed E-state index contributed by atoms with van der Waals surface area (Å²) in [6.07, 6.45) is 11.5. The van der Waals surface area contributed by atoms with Crippen molar-refractivity contribution < 1.29 is 24.9 Å². The van der Waals surface area contributed by atoms with E-state index in [2.05, 4.69) is 17.0 Å². The Kier molecular flexibility index (Phi) is 17.0. The molecule has 0 radical (unpaired) electrons. The molecule has 3 atom stereocenters. The first kappa shape index (κ1) is 25.1. The highest BCUT2D eigenvalue weighted by atomic mass is 16.5. The summed E-state index contributed by atoms with van der Waals surface area (Å²) in [4.78, 5) is 10.9. The van der Waals surface area contributed by atoms with Crippen molar-refractivity contribution in [2.45, 2.75) is 115 Å². The van der Waals surface area contributed by atoms with Gasteiger partial charge in [0.05, 0.1) is 19.3 Å². The second kappa shape index (κ2) is 17.6. The van der Waals surface area contributed by atoms with Crippen LogP contribution in [0.5, 0.6) is 0 Å². The molecule has 6 nitrogen and oxygen atoms in total. The largest absolute Gasteiger partial charge is 0.453 e. The molecule has 6 heteroatoms. The highest BCUT2D eigenvalue weighted by molar-refractivity contribution is 5.67. The first-order valence-electron chi connectivity index (χ1n) is 10.4. The van der Waals surface area contributed by atoms with Gasteiger partial charge in [0.25, 0.3) is 0 Å². The molecule has 4 N–H and O–H groups in total. The van der Waals surface area contributed by atoms with Crippen LogP contribution in [-0.4, -0.2) is 47.0 Å². The van der Waals surface area contributed by atoms with Gasteiger partial charge in [-0.05, 0) is 6.42 Å². The van der Waals surface area contributed by atoms with E-state index >= 15 is 0 Å². The Balaban J connectivity index is 3.47. The van der Waals surface area contributed by atoms with Gasteiger partial charge in [-0.3, -0.25) is 5.32 Å². The number of rotatable bonds is 17. The molecule has 0 aromatic rings. The molecule has 0 fully saturated rings. The number of nitrogens with one attached hydrogen (secondary N) is 1. The number of aliphatic hydroxyl groups is 3. The maximum Gasteiger partial charge on any atom is 0.408 e. The predicted octanol–water partition coefficient (Wildman–Crippen LogP) is 3.86. The maximum absolute atomic E-state index is 10.9. The van der Waals surface area contributed by atoms with Crippen LogP contribution in [0.15, 0.2) is 0 Å². The van der Waals surface area contributed by atoms with E-state index in [1.165, 1.54) is 64.9 Å². The summed E-state index contributed by atoms with van der Waals surface area (Å²) in [5.74, 6) is 0. The molecule has 0 heterocycles. The average molecular weight is 376 g/mol. The van der Waals surface area contributed by atoms with Crippen molar-refractivity contribution in [3.63, 3.8) is 0 Å². The van der Waals surface area contributed by atoms with E-state index in [0.29, 0.717) is 6.42 Å². The smallest absolute Gasteiger partial charge is 0.408 e. The summed E-state index contributed by atoms with van der Waals surface area (Å²) in [5, 5.41) is 31.5. The number of hydrogen-bond donors (Lipinski definition) is 4. The Hall–Kier alpha value is -0.850. The zero-order valence-electron chi connectivity index (χ0n) is 16.8. The third kappa shape index (κ3) is 15.4. The number of amides is 1. The van der Waals surface area contributed by atoms with Crippen LogP contribution in [0.3, 0.4) is 0 Å². The van der Waals surface area contributed by atoms with Gasteiger partial charge in [0.2, 0.25) is 0 Å². The van der Waals surface area contributed by atoms with Gasteiger partial charge in [-0.1, -0.05) is 84.0 Å². The third-order valence-electron chi connectivity index (χ3n) is 4.73. The number of carbonyl (C=O) groups is 1. The monoisotopic (exact) mass is 375 g/mol. The van der Waals surface area contributed by atoms with Gasteiger partial charge in [-0.15, -0.1) is 0 Å². The molecule has 1 amide bonds. The van der Waals surface area contributed by atoms with E-state index in [-0.39, 0.29) is 6.42 Å². The van der Waals surface area contributed by atoms with Crippen LogP contribution in [-0.2, 0) is 4.74 Å². The summed E-state index contributed by atoms with van der Waals surface area (Å²) in [5.41, 5.74) is 0. The molecule has 0 aliphatic rings. The van der Waals surface area contributed by atoms with Crippen LogP contribution in [0.4, 0.5) is 4.79 Å². The quantitative estimate of drug-likeness (QED) is 0.228. The summed E-state index contributed by atoms with van der Waals surface area (Å²) >= 11 is 0. The van der Waals surface area contributed by atoms with Crippen LogP contribution in [0, 0.1) is 0 Å². The van der Waals surface area contributed by atoms with Crippen LogP contribution in [0.25, 0.3) is 0 Å². The fourth-order valence-corrected chi connectivity index (χ4v) is 3.03. The van der Waals surface area contributed by atoms with Crippen LogP contribution >= 0.6 is 0 Å². The van der Waals surface area contributed by atoms with E-state index in [9.17, 15) is 20.1 Å². The minimum absolute atomic E-state index is 0.117. The summed E-state index contributed by atoms with van der Waals surface area (Å²) < 4.78 is 4.36. The Morgan fingerprint density at radius 1 is 0.808 bits per heavy atom. The van der Waals surface area contributed by atoms with Crippen molar-refractivity contribution in [2.75, 3.05) is 7.11 Å². The molecule has 0 aliphatic carbocycles. The average Bonchev–Trinajstić information content (AvgIpc) is 2.62. The first-order chi connectivity index (χ1) is 12.5. The topological polar surface area (TPSA) is 99.0 Å². The molecule has 0 bridgehead atoms. The van der Waals surface area contributed by atoms with Crippen molar-refractivity contribution in [2.24, 2.45) is 0 Å². The summed E-state index contributed by atoms with van der Waals surface area (Å²) in [6.45, 7) is 2.24. The molecule has 0 rings (SSSR count). The van der Waals surface area contributed by atoms with Gasteiger partial charge < -0.3 is 20.1 Å². The zero-order valence-corrected chi connectivity index (χ0v) is 16.8. The van der Waals surface area contributed by atoms with Crippen LogP contribution < -0.4 is 5.32 Å². The number of unbranched alkanes of at least 4 members (excludes halogenated alkanes) is 11. The normalized spacial score (nSPS) is 14.7. The molecule has 3 unspecified atom stereocenters. The van der Waals surface area contributed by atoms with Crippen molar-refractivity contribution in [3.05, 3.63) is 0 Å². The summed E-state index contributed by atoms with van der Waals surface area (Å²) in [6, 6.07) is 0. The van der Waals surface area contributed by atoms with Crippen molar-refractivity contribution >= 4 is 6.09 Å².